The number of carbonyl (C=O) groups excluding carboxylic acids is 1. The van der Waals surface area contributed by atoms with Crippen LogP contribution < -0.4 is 4.74 Å². The van der Waals surface area contributed by atoms with E-state index in [-0.39, 0.29) is 0 Å². The van der Waals surface area contributed by atoms with Gasteiger partial charge in [0, 0.05) is 18.9 Å². The van der Waals surface area contributed by atoms with Crippen LogP contribution in [-0.4, -0.2) is 29.7 Å². The van der Waals surface area contributed by atoms with Crippen molar-refractivity contribution >= 4 is 5.97 Å². The second kappa shape index (κ2) is 5.35. The van der Waals surface area contributed by atoms with E-state index in [1.807, 2.05) is 22.9 Å². The highest BCUT2D eigenvalue weighted by Gasteiger charge is 2.12. The first-order valence-electron chi connectivity index (χ1n) is 5.45. The Morgan fingerprint density at radius 1 is 1.39 bits per heavy atom. The minimum atomic E-state index is -0.402. The van der Waals surface area contributed by atoms with Gasteiger partial charge in [-0.1, -0.05) is 6.07 Å². The molecule has 0 saturated carbocycles. The molecular weight excluding hydrogens is 232 g/mol. The highest BCUT2D eigenvalue weighted by molar-refractivity contribution is 5.92. The van der Waals surface area contributed by atoms with Gasteiger partial charge in [0.2, 0.25) is 0 Å². The van der Waals surface area contributed by atoms with Crippen molar-refractivity contribution < 1.29 is 14.3 Å². The largest absolute Gasteiger partial charge is 0.496 e. The lowest BCUT2D eigenvalue weighted by Crippen LogP contribution is -2.05. The molecule has 1 heterocycles. The van der Waals surface area contributed by atoms with Gasteiger partial charge >= 0.3 is 5.97 Å². The van der Waals surface area contributed by atoms with Crippen LogP contribution in [0.4, 0.5) is 0 Å². The third-order valence-electron chi connectivity index (χ3n) is 2.60. The van der Waals surface area contributed by atoms with Gasteiger partial charge < -0.3 is 14.0 Å². The maximum atomic E-state index is 11.5. The highest BCUT2D eigenvalue weighted by atomic mass is 16.5. The number of nitrogens with zero attached hydrogens (tertiary/aromatic N) is 2. The van der Waals surface area contributed by atoms with E-state index >= 15 is 0 Å². The molecular formula is C13H14N2O3. The lowest BCUT2D eigenvalue weighted by atomic mass is 10.1. The zero-order chi connectivity index (χ0) is 13.0. The predicted molar refractivity (Wildman–Crippen MR) is 65.7 cm³/mol. The molecule has 0 N–H and O–H groups in total. The summed E-state index contributed by atoms with van der Waals surface area (Å²) in [6.45, 7) is 0.678. The number of imidazole rings is 1. The summed E-state index contributed by atoms with van der Waals surface area (Å²) in [6.07, 6.45) is 5.33. The van der Waals surface area contributed by atoms with E-state index in [1.165, 1.54) is 14.2 Å². The first-order chi connectivity index (χ1) is 8.74. The van der Waals surface area contributed by atoms with Gasteiger partial charge in [-0.3, -0.25) is 0 Å². The summed E-state index contributed by atoms with van der Waals surface area (Å²) in [5.41, 5.74) is 1.45. The molecule has 0 atom stereocenters. The lowest BCUT2D eigenvalue weighted by Gasteiger charge is -2.09. The summed E-state index contributed by atoms with van der Waals surface area (Å²) >= 11 is 0. The van der Waals surface area contributed by atoms with Gasteiger partial charge in [0.15, 0.2) is 0 Å². The first kappa shape index (κ1) is 12.2. The van der Waals surface area contributed by atoms with Gasteiger partial charge in [0.05, 0.1) is 20.5 Å². The standard InChI is InChI=1S/C13H14N2O3/c1-17-12-7-10(8-15-6-5-14-9-15)3-4-11(12)13(16)18-2/h3-7,9H,8H2,1-2H3. The first-order valence-corrected chi connectivity index (χ1v) is 5.45. The van der Waals surface area contributed by atoms with Gasteiger partial charge in [-0.05, 0) is 17.7 Å². The summed E-state index contributed by atoms with van der Waals surface area (Å²) in [5.74, 6) is 0.112. The van der Waals surface area contributed by atoms with Crippen LogP contribution in [0, 0.1) is 0 Å². The number of carbonyl (C=O) groups is 1. The van der Waals surface area contributed by atoms with Crippen molar-refractivity contribution in [3.05, 3.63) is 48.0 Å². The van der Waals surface area contributed by atoms with Crippen LogP contribution in [-0.2, 0) is 11.3 Å². The van der Waals surface area contributed by atoms with Crippen molar-refractivity contribution in [2.24, 2.45) is 0 Å². The molecule has 18 heavy (non-hydrogen) atoms. The normalized spacial score (nSPS) is 10.1. The number of hydrogen-bond donors (Lipinski definition) is 0. The Morgan fingerprint density at radius 2 is 2.22 bits per heavy atom. The Bertz CT molecular complexity index is 535. The molecule has 0 aliphatic carbocycles. The van der Waals surface area contributed by atoms with Crippen LogP contribution in [0.3, 0.4) is 0 Å². The van der Waals surface area contributed by atoms with Crippen molar-refractivity contribution in [3.63, 3.8) is 0 Å². The van der Waals surface area contributed by atoms with E-state index in [4.69, 9.17) is 9.47 Å². The van der Waals surface area contributed by atoms with Gasteiger partial charge in [0.25, 0.3) is 0 Å². The molecule has 0 radical (unpaired) electrons. The number of rotatable bonds is 4. The zero-order valence-corrected chi connectivity index (χ0v) is 10.3. The second-order valence-electron chi connectivity index (χ2n) is 3.76. The number of benzene rings is 1. The summed E-state index contributed by atoms with van der Waals surface area (Å²) in [4.78, 5) is 15.5. The van der Waals surface area contributed by atoms with Crippen molar-refractivity contribution in [1.29, 1.82) is 0 Å². The number of esters is 1. The molecule has 0 bridgehead atoms. The second-order valence-corrected chi connectivity index (χ2v) is 3.76. The predicted octanol–water partition coefficient (Wildman–Crippen LogP) is 1.73. The third-order valence-corrected chi connectivity index (χ3v) is 2.60. The van der Waals surface area contributed by atoms with E-state index in [1.54, 1.807) is 18.6 Å². The topological polar surface area (TPSA) is 53.4 Å². The van der Waals surface area contributed by atoms with Crippen LogP contribution in [0.15, 0.2) is 36.9 Å². The molecule has 0 aliphatic heterocycles. The number of ether oxygens (including phenoxy) is 2. The molecule has 0 spiro atoms. The molecule has 2 rings (SSSR count). The monoisotopic (exact) mass is 246 g/mol. The van der Waals surface area contributed by atoms with Crippen molar-refractivity contribution in [3.8, 4) is 5.75 Å². The Balaban J connectivity index is 2.27. The molecule has 1 aromatic heterocycles. The van der Waals surface area contributed by atoms with E-state index in [2.05, 4.69) is 4.98 Å². The average Bonchev–Trinajstić information content (AvgIpc) is 2.90. The molecule has 5 nitrogen and oxygen atoms in total. The quantitative estimate of drug-likeness (QED) is 0.771. The average molecular weight is 246 g/mol. The fourth-order valence-corrected chi connectivity index (χ4v) is 1.70. The van der Waals surface area contributed by atoms with Crippen LogP contribution in [0.1, 0.15) is 15.9 Å². The molecule has 0 aliphatic rings. The fraction of sp³-hybridized carbons (Fsp3) is 0.231. The maximum Gasteiger partial charge on any atom is 0.341 e. The molecule has 1 aromatic carbocycles. The van der Waals surface area contributed by atoms with Crippen molar-refractivity contribution in [2.45, 2.75) is 6.54 Å². The van der Waals surface area contributed by atoms with Gasteiger partial charge in [-0.15, -0.1) is 0 Å². The molecule has 2 aromatic rings. The summed E-state index contributed by atoms with van der Waals surface area (Å²) in [7, 11) is 2.88. The SMILES string of the molecule is COC(=O)c1ccc(Cn2ccnc2)cc1OC. The fourth-order valence-electron chi connectivity index (χ4n) is 1.70. The molecule has 0 unspecified atom stereocenters. The maximum absolute atomic E-state index is 11.5. The van der Waals surface area contributed by atoms with E-state index < -0.39 is 5.97 Å². The lowest BCUT2D eigenvalue weighted by molar-refractivity contribution is 0.0597. The summed E-state index contributed by atoms with van der Waals surface area (Å²) < 4.78 is 11.8. The van der Waals surface area contributed by atoms with Crippen LogP contribution >= 0.6 is 0 Å². The summed E-state index contributed by atoms with van der Waals surface area (Å²) in [6, 6.07) is 5.40. The zero-order valence-electron chi connectivity index (χ0n) is 10.3. The smallest absolute Gasteiger partial charge is 0.341 e. The number of aromatic nitrogens is 2. The molecule has 0 fully saturated rings. The third kappa shape index (κ3) is 2.51. The van der Waals surface area contributed by atoms with Crippen LogP contribution in [0.2, 0.25) is 0 Å². The molecule has 0 amide bonds. The minimum absolute atomic E-state index is 0.402. The van der Waals surface area contributed by atoms with E-state index in [9.17, 15) is 4.79 Å². The van der Waals surface area contributed by atoms with Gasteiger partial charge in [-0.2, -0.15) is 0 Å². The minimum Gasteiger partial charge on any atom is -0.496 e. The van der Waals surface area contributed by atoms with E-state index in [0.29, 0.717) is 17.9 Å². The Morgan fingerprint density at radius 3 is 2.83 bits per heavy atom. The van der Waals surface area contributed by atoms with Crippen molar-refractivity contribution in [1.82, 2.24) is 9.55 Å². The highest BCUT2D eigenvalue weighted by Crippen LogP contribution is 2.21. The Hall–Kier alpha value is -2.30. The van der Waals surface area contributed by atoms with E-state index in [0.717, 1.165) is 5.56 Å². The Kier molecular flexibility index (Phi) is 3.62. The van der Waals surface area contributed by atoms with Crippen molar-refractivity contribution in [2.75, 3.05) is 14.2 Å². The van der Waals surface area contributed by atoms with Gasteiger partial charge in [-0.25, -0.2) is 9.78 Å². The van der Waals surface area contributed by atoms with Crippen LogP contribution in [0.25, 0.3) is 0 Å². The molecule has 5 heteroatoms. The number of hydrogen-bond acceptors (Lipinski definition) is 4. The summed E-state index contributed by atoms with van der Waals surface area (Å²) in [5, 5.41) is 0. The molecule has 94 valence electrons. The molecule has 0 saturated heterocycles. The Labute approximate surface area is 105 Å². The van der Waals surface area contributed by atoms with Gasteiger partial charge in [0.1, 0.15) is 11.3 Å². The van der Waals surface area contributed by atoms with Crippen LogP contribution in [0.5, 0.6) is 5.75 Å². The number of methoxy groups -OCH3 is 2.